The lowest BCUT2D eigenvalue weighted by Crippen LogP contribution is -2.43. The van der Waals surface area contributed by atoms with Crippen LogP contribution in [0.15, 0.2) is 23.0 Å². The third-order valence-corrected chi connectivity index (χ3v) is 4.76. The summed E-state index contributed by atoms with van der Waals surface area (Å²) in [5.41, 5.74) is 1.08. The molecule has 1 saturated carbocycles. The van der Waals surface area contributed by atoms with Crippen molar-refractivity contribution in [1.29, 1.82) is 0 Å². The molecule has 2 aromatic rings. The lowest BCUT2D eigenvalue weighted by molar-refractivity contribution is 0.0899. The maximum absolute atomic E-state index is 12.5. The number of nitrogens with zero attached hydrogens (tertiary/aromatic N) is 3. The van der Waals surface area contributed by atoms with E-state index in [4.69, 9.17) is 0 Å². The summed E-state index contributed by atoms with van der Waals surface area (Å²) in [7, 11) is 1.72. The number of aryl methyl sites for hydroxylation is 1. The van der Waals surface area contributed by atoms with Crippen LogP contribution in [0.25, 0.3) is 0 Å². The Morgan fingerprint density at radius 1 is 1.38 bits per heavy atom. The van der Waals surface area contributed by atoms with Gasteiger partial charge >= 0.3 is 5.69 Å². The first-order valence-electron chi connectivity index (χ1n) is 8.39. The Morgan fingerprint density at radius 3 is 2.88 bits per heavy atom. The highest BCUT2D eigenvalue weighted by Crippen LogP contribution is 2.27. The molecule has 2 aromatic heterocycles. The minimum Gasteiger partial charge on any atom is -0.348 e. The smallest absolute Gasteiger partial charge is 0.343 e. The van der Waals surface area contributed by atoms with Gasteiger partial charge in [0.1, 0.15) is 11.5 Å². The first kappa shape index (κ1) is 16.4. The van der Waals surface area contributed by atoms with Crippen molar-refractivity contribution in [3.05, 3.63) is 45.9 Å². The van der Waals surface area contributed by atoms with Gasteiger partial charge in [-0.1, -0.05) is 18.9 Å². The fraction of sp³-hybridized carbons (Fsp3) is 0.529. The number of hydrogen-bond acceptors (Lipinski definition) is 4. The zero-order valence-corrected chi connectivity index (χ0v) is 14.1. The van der Waals surface area contributed by atoms with Crippen molar-refractivity contribution in [1.82, 2.24) is 25.1 Å². The van der Waals surface area contributed by atoms with Gasteiger partial charge in [0.15, 0.2) is 0 Å². The highest BCUT2D eigenvalue weighted by atomic mass is 16.2. The van der Waals surface area contributed by atoms with Gasteiger partial charge < -0.3 is 5.32 Å². The van der Waals surface area contributed by atoms with Crippen molar-refractivity contribution >= 4 is 5.91 Å². The average molecular weight is 329 g/mol. The number of amides is 1. The number of aromatic nitrogens is 4. The number of hydrogen-bond donors (Lipinski definition) is 2. The van der Waals surface area contributed by atoms with E-state index in [1.54, 1.807) is 13.1 Å². The molecule has 24 heavy (non-hydrogen) atoms. The minimum atomic E-state index is -0.203. The van der Waals surface area contributed by atoms with Crippen molar-refractivity contribution in [2.75, 3.05) is 0 Å². The fourth-order valence-electron chi connectivity index (χ4n) is 3.35. The summed E-state index contributed by atoms with van der Waals surface area (Å²) < 4.78 is 1.54. The van der Waals surface area contributed by atoms with E-state index in [0.717, 1.165) is 37.2 Å². The maximum Gasteiger partial charge on any atom is 0.343 e. The van der Waals surface area contributed by atoms with Gasteiger partial charge in [-0.15, -0.1) is 0 Å². The van der Waals surface area contributed by atoms with Crippen LogP contribution in [-0.2, 0) is 13.5 Å². The second-order valence-electron chi connectivity index (χ2n) is 6.50. The fourth-order valence-corrected chi connectivity index (χ4v) is 3.35. The summed E-state index contributed by atoms with van der Waals surface area (Å²) in [4.78, 5) is 28.3. The third-order valence-electron chi connectivity index (χ3n) is 4.76. The predicted molar refractivity (Wildman–Crippen MR) is 89.7 cm³/mol. The van der Waals surface area contributed by atoms with Crippen LogP contribution in [0.3, 0.4) is 0 Å². The van der Waals surface area contributed by atoms with Crippen LogP contribution < -0.4 is 11.0 Å². The normalized spacial score (nSPS) is 20.8. The number of H-pyrrole nitrogens is 1. The molecule has 0 aliphatic heterocycles. The number of pyridine rings is 1. The van der Waals surface area contributed by atoms with Crippen LogP contribution >= 0.6 is 0 Å². The minimum absolute atomic E-state index is 0.0837. The van der Waals surface area contributed by atoms with Gasteiger partial charge in [0.2, 0.25) is 0 Å². The Bertz CT molecular complexity index is 779. The quantitative estimate of drug-likeness (QED) is 0.885. The predicted octanol–water partition coefficient (Wildman–Crippen LogP) is 1.34. The molecule has 7 nitrogen and oxygen atoms in total. The number of carbonyl (C=O) groups is 1. The second-order valence-corrected chi connectivity index (χ2v) is 6.50. The molecule has 3 rings (SSSR count). The van der Waals surface area contributed by atoms with E-state index >= 15 is 0 Å². The van der Waals surface area contributed by atoms with E-state index in [1.165, 1.54) is 4.57 Å². The van der Waals surface area contributed by atoms with E-state index in [9.17, 15) is 9.59 Å². The Balaban J connectivity index is 1.71. The first-order valence-corrected chi connectivity index (χ1v) is 8.39. The Morgan fingerprint density at radius 2 is 2.17 bits per heavy atom. The van der Waals surface area contributed by atoms with Gasteiger partial charge in [-0.25, -0.2) is 14.9 Å². The zero-order chi connectivity index (χ0) is 17.1. The topological polar surface area (TPSA) is 92.7 Å². The molecule has 0 spiro atoms. The summed E-state index contributed by atoms with van der Waals surface area (Å²) >= 11 is 0. The van der Waals surface area contributed by atoms with Crippen LogP contribution in [0.1, 0.15) is 47.7 Å². The van der Waals surface area contributed by atoms with Crippen molar-refractivity contribution in [2.45, 2.75) is 45.1 Å². The van der Waals surface area contributed by atoms with Gasteiger partial charge in [0, 0.05) is 25.2 Å². The molecule has 2 atom stereocenters. The molecule has 7 heteroatoms. The molecule has 2 N–H and O–H groups in total. The molecule has 0 saturated heterocycles. The number of rotatable bonds is 4. The third kappa shape index (κ3) is 3.55. The van der Waals surface area contributed by atoms with E-state index < -0.39 is 0 Å². The zero-order valence-electron chi connectivity index (χ0n) is 14.1. The first-order chi connectivity index (χ1) is 11.5. The summed E-state index contributed by atoms with van der Waals surface area (Å²) in [5.74, 6) is 0.882. The molecule has 1 aliphatic rings. The second kappa shape index (κ2) is 6.98. The summed E-state index contributed by atoms with van der Waals surface area (Å²) in [5, 5.41) is 9.70. The highest BCUT2D eigenvalue weighted by Gasteiger charge is 2.28. The molecule has 1 amide bonds. The Hall–Kier alpha value is -2.44. The molecule has 0 unspecified atom stereocenters. The number of carbonyl (C=O) groups excluding carboxylic acids is 1. The molecule has 1 aliphatic carbocycles. The molecule has 0 radical (unpaired) electrons. The lowest BCUT2D eigenvalue weighted by Gasteiger charge is -2.31. The summed E-state index contributed by atoms with van der Waals surface area (Å²) in [6.07, 6.45) is 4.88. The largest absolute Gasteiger partial charge is 0.348 e. The number of aromatic amines is 1. The van der Waals surface area contributed by atoms with Crippen molar-refractivity contribution < 1.29 is 4.79 Å². The van der Waals surface area contributed by atoms with Crippen LogP contribution in [0.4, 0.5) is 0 Å². The Labute approximate surface area is 140 Å². The van der Waals surface area contributed by atoms with Crippen LogP contribution in [-0.4, -0.2) is 31.7 Å². The van der Waals surface area contributed by atoms with Crippen LogP contribution in [0.5, 0.6) is 0 Å². The van der Waals surface area contributed by atoms with Crippen molar-refractivity contribution in [3.8, 4) is 0 Å². The standard InChI is InChI=1S/C17H23N5O2/c1-11-6-5-9-14(18-11)16(23)19-13-8-4-3-7-12(13)10-15-20-21-17(24)22(15)2/h5-6,9,12-13H,3-4,7-8,10H2,1-2H3,(H,19,23)(H,21,24)/t12-,13-/m1/s1. The Kier molecular flexibility index (Phi) is 4.78. The van der Waals surface area contributed by atoms with E-state index in [0.29, 0.717) is 12.1 Å². The van der Waals surface area contributed by atoms with Crippen molar-refractivity contribution in [3.63, 3.8) is 0 Å². The van der Waals surface area contributed by atoms with Gasteiger partial charge in [-0.05, 0) is 37.8 Å². The average Bonchev–Trinajstić information content (AvgIpc) is 2.88. The highest BCUT2D eigenvalue weighted by molar-refractivity contribution is 5.92. The molecule has 1 fully saturated rings. The molecular formula is C17H23N5O2. The monoisotopic (exact) mass is 329 g/mol. The SMILES string of the molecule is Cc1cccc(C(=O)N[C@@H]2CCCC[C@@H]2Cc2n[nH]c(=O)n2C)n1. The van der Waals surface area contributed by atoms with Crippen molar-refractivity contribution in [2.24, 2.45) is 13.0 Å². The molecule has 0 bridgehead atoms. The molecule has 128 valence electrons. The van der Waals surface area contributed by atoms with Crippen LogP contribution in [0, 0.1) is 12.8 Å². The van der Waals surface area contributed by atoms with E-state index in [2.05, 4.69) is 20.5 Å². The number of nitrogens with one attached hydrogen (secondary N) is 2. The lowest BCUT2D eigenvalue weighted by atomic mass is 9.82. The molecule has 2 heterocycles. The molecular weight excluding hydrogens is 306 g/mol. The summed E-state index contributed by atoms with van der Waals surface area (Å²) in [6, 6.07) is 5.53. The van der Waals surface area contributed by atoms with Gasteiger partial charge in [0.05, 0.1) is 0 Å². The van der Waals surface area contributed by atoms with Gasteiger partial charge in [-0.2, -0.15) is 5.10 Å². The maximum atomic E-state index is 12.5. The summed E-state index contributed by atoms with van der Waals surface area (Å²) in [6.45, 7) is 1.87. The van der Waals surface area contributed by atoms with E-state index in [-0.39, 0.29) is 23.6 Å². The molecule has 0 aromatic carbocycles. The van der Waals surface area contributed by atoms with E-state index in [1.807, 2.05) is 19.1 Å². The van der Waals surface area contributed by atoms with Crippen LogP contribution in [0.2, 0.25) is 0 Å². The van der Waals surface area contributed by atoms with Gasteiger partial charge in [-0.3, -0.25) is 9.36 Å². The van der Waals surface area contributed by atoms with Gasteiger partial charge in [0.25, 0.3) is 5.91 Å².